The van der Waals surface area contributed by atoms with E-state index in [0.29, 0.717) is 4.56 Å². The molecule has 0 atom stereocenters. The molecule has 8 heteroatoms. The standard InChI is InChI=1S/C9H11N3O4Se/c13-11(14)7-6-8(12(15)16)17-9(7)10-4-2-1-3-5-10/h6H,1-5H2. The first kappa shape index (κ1) is 12.1. The van der Waals surface area contributed by atoms with Gasteiger partial charge in [-0.05, 0) is 0 Å². The van der Waals surface area contributed by atoms with Gasteiger partial charge in [0.05, 0.1) is 0 Å². The fourth-order valence-electron chi connectivity index (χ4n) is 1.90. The molecular formula is C9H11N3O4Se. The van der Waals surface area contributed by atoms with Crippen molar-refractivity contribution < 1.29 is 9.85 Å². The van der Waals surface area contributed by atoms with Crippen molar-refractivity contribution in [3.8, 4) is 0 Å². The van der Waals surface area contributed by atoms with Gasteiger partial charge in [-0.1, -0.05) is 0 Å². The van der Waals surface area contributed by atoms with E-state index in [1.54, 1.807) is 0 Å². The van der Waals surface area contributed by atoms with E-state index in [0.717, 1.165) is 38.4 Å². The first-order valence-corrected chi connectivity index (χ1v) is 6.98. The van der Waals surface area contributed by atoms with Gasteiger partial charge in [0.25, 0.3) is 0 Å². The molecule has 0 spiro atoms. The number of nitro groups is 2. The molecule has 0 bridgehead atoms. The van der Waals surface area contributed by atoms with Gasteiger partial charge >= 0.3 is 103 Å². The molecule has 1 aliphatic heterocycles. The van der Waals surface area contributed by atoms with Crippen LogP contribution in [0.1, 0.15) is 19.3 Å². The van der Waals surface area contributed by atoms with Crippen molar-refractivity contribution in [1.82, 2.24) is 0 Å². The molecule has 1 fully saturated rings. The predicted octanol–water partition coefficient (Wildman–Crippen LogP) is 1.55. The summed E-state index contributed by atoms with van der Waals surface area (Å²) >= 11 is -0.538. The van der Waals surface area contributed by atoms with E-state index in [9.17, 15) is 20.2 Å². The van der Waals surface area contributed by atoms with Gasteiger partial charge in [0.15, 0.2) is 0 Å². The maximum atomic E-state index is 10.9. The van der Waals surface area contributed by atoms with E-state index in [-0.39, 0.29) is 10.2 Å². The van der Waals surface area contributed by atoms with E-state index in [1.165, 1.54) is 0 Å². The number of anilines is 1. The quantitative estimate of drug-likeness (QED) is 0.480. The van der Waals surface area contributed by atoms with E-state index >= 15 is 0 Å². The molecule has 0 unspecified atom stereocenters. The van der Waals surface area contributed by atoms with E-state index in [4.69, 9.17) is 0 Å². The van der Waals surface area contributed by atoms with Gasteiger partial charge in [-0.3, -0.25) is 0 Å². The minimum absolute atomic E-state index is 0.0234. The SMILES string of the molecule is O=[N+]([O-])c1cc([N+](=O)[O-])c(N2CCCCC2)[se]1. The average Bonchev–Trinajstić information content (AvgIpc) is 2.75. The number of rotatable bonds is 3. The van der Waals surface area contributed by atoms with E-state index in [2.05, 4.69) is 0 Å². The first-order valence-electron chi connectivity index (χ1n) is 5.27. The van der Waals surface area contributed by atoms with Gasteiger partial charge in [0, 0.05) is 0 Å². The van der Waals surface area contributed by atoms with Crippen LogP contribution in [-0.4, -0.2) is 37.4 Å². The third kappa shape index (κ3) is 2.48. The van der Waals surface area contributed by atoms with E-state index < -0.39 is 24.4 Å². The number of hydrogen-bond acceptors (Lipinski definition) is 5. The molecule has 1 saturated heterocycles. The van der Waals surface area contributed by atoms with Gasteiger partial charge in [0.2, 0.25) is 0 Å². The van der Waals surface area contributed by atoms with Crippen LogP contribution in [0.15, 0.2) is 6.07 Å². The zero-order chi connectivity index (χ0) is 12.4. The zero-order valence-electron chi connectivity index (χ0n) is 9.00. The van der Waals surface area contributed by atoms with Crippen molar-refractivity contribution in [3.05, 3.63) is 26.3 Å². The van der Waals surface area contributed by atoms with Crippen molar-refractivity contribution in [2.24, 2.45) is 0 Å². The second-order valence-corrected chi connectivity index (χ2v) is 5.95. The summed E-state index contributed by atoms with van der Waals surface area (Å²) < 4.78 is 0.540. The van der Waals surface area contributed by atoms with Crippen molar-refractivity contribution in [1.29, 1.82) is 0 Å². The predicted molar refractivity (Wildman–Crippen MR) is 62.8 cm³/mol. The fourth-order valence-corrected chi connectivity index (χ4v) is 3.99. The number of piperidine rings is 1. The summed E-state index contributed by atoms with van der Waals surface area (Å²) in [5.74, 6) is 0. The summed E-state index contributed by atoms with van der Waals surface area (Å²) in [4.78, 5) is 22.5. The summed E-state index contributed by atoms with van der Waals surface area (Å²) in [6.07, 6.45) is 3.12. The first-order chi connectivity index (χ1) is 8.09. The van der Waals surface area contributed by atoms with Crippen LogP contribution in [0, 0.1) is 20.2 Å². The van der Waals surface area contributed by atoms with E-state index in [1.807, 2.05) is 4.90 Å². The van der Waals surface area contributed by atoms with Gasteiger partial charge in [-0.15, -0.1) is 0 Å². The molecular weight excluding hydrogens is 293 g/mol. The second-order valence-electron chi connectivity index (χ2n) is 3.84. The molecule has 0 aliphatic carbocycles. The summed E-state index contributed by atoms with van der Waals surface area (Å²) in [5.41, 5.74) is -0.0846. The topological polar surface area (TPSA) is 89.5 Å². The molecule has 92 valence electrons. The van der Waals surface area contributed by atoms with Gasteiger partial charge < -0.3 is 0 Å². The van der Waals surface area contributed by atoms with Crippen molar-refractivity contribution in [3.63, 3.8) is 0 Å². The van der Waals surface area contributed by atoms with Crippen LogP contribution in [0.3, 0.4) is 0 Å². The minimum atomic E-state index is -0.538. The molecule has 1 aromatic rings. The molecule has 0 radical (unpaired) electrons. The Morgan fingerprint density at radius 3 is 2.29 bits per heavy atom. The Bertz CT molecular complexity index is 453. The molecule has 0 N–H and O–H groups in total. The Kier molecular flexibility index (Phi) is 3.44. The maximum absolute atomic E-state index is 10.9. The van der Waals surface area contributed by atoms with Crippen LogP contribution in [0.4, 0.5) is 14.8 Å². The summed E-state index contributed by atoms with van der Waals surface area (Å²) in [7, 11) is 0. The normalized spacial score (nSPS) is 15.9. The van der Waals surface area contributed by atoms with Crippen LogP contribution >= 0.6 is 0 Å². The summed E-state index contributed by atoms with van der Waals surface area (Å²) in [6, 6.07) is 1.12. The van der Waals surface area contributed by atoms with Crippen molar-refractivity contribution in [2.75, 3.05) is 18.0 Å². The fraction of sp³-hybridized carbons (Fsp3) is 0.556. The Hall–Kier alpha value is -1.40. The third-order valence-corrected chi connectivity index (χ3v) is 5.09. The number of nitrogens with zero attached hydrogens (tertiary/aromatic N) is 3. The van der Waals surface area contributed by atoms with Crippen LogP contribution in [-0.2, 0) is 0 Å². The Morgan fingerprint density at radius 2 is 1.76 bits per heavy atom. The van der Waals surface area contributed by atoms with Gasteiger partial charge in [-0.25, -0.2) is 0 Å². The molecule has 7 nitrogen and oxygen atoms in total. The molecule has 0 aromatic carbocycles. The molecule has 0 saturated carbocycles. The van der Waals surface area contributed by atoms with Crippen LogP contribution in [0.25, 0.3) is 0 Å². The summed E-state index contributed by atoms with van der Waals surface area (Å²) in [6.45, 7) is 1.54. The molecule has 2 heterocycles. The molecule has 0 amide bonds. The second kappa shape index (κ2) is 4.85. The number of hydrogen-bond donors (Lipinski definition) is 0. The Labute approximate surface area is 103 Å². The third-order valence-electron chi connectivity index (χ3n) is 2.70. The molecule has 17 heavy (non-hydrogen) atoms. The average molecular weight is 304 g/mol. The van der Waals surface area contributed by atoms with Crippen LogP contribution < -0.4 is 4.90 Å². The van der Waals surface area contributed by atoms with Crippen molar-refractivity contribution >= 4 is 29.3 Å². The van der Waals surface area contributed by atoms with Crippen LogP contribution in [0.2, 0.25) is 0 Å². The molecule has 1 aliphatic rings. The van der Waals surface area contributed by atoms with Crippen molar-refractivity contribution in [2.45, 2.75) is 19.3 Å². The Balaban J connectivity index is 2.36. The van der Waals surface area contributed by atoms with Gasteiger partial charge in [0.1, 0.15) is 0 Å². The Morgan fingerprint density at radius 1 is 1.12 bits per heavy atom. The molecule has 2 rings (SSSR count). The van der Waals surface area contributed by atoms with Gasteiger partial charge in [-0.2, -0.15) is 0 Å². The molecule has 1 aromatic heterocycles. The summed E-state index contributed by atoms with van der Waals surface area (Å²) in [5, 5.41) is 21.6. The zero-order valence-corrected chi connectivity index (χ0v) is 10.7. The monoisotopic (exact) mass is 305 g/mol. The van der Waals surface area contributed by atoms with Crippen LogP contribution in [0.5, 0.6) is 0 Å².